The van der Waals surface area contributed by atoms with Crippen LogP contribution in [0.2, 0.25) is 0 Å². The summed E-state index contributed by atoms with van der Waals surface area (Å²) in [6, 6.07) is 0. The lowest BCUT2D eigenvalue weighted by atomic mass is 10.6. The number of hydrogen-bond donors (Lipinski definition) is 4. The van der Waals surface area contributed by atoms with Crippen molar-refractivity contribution in [1.29, 1.82) is 0 Å². The summed E-state index contributed by atoms with van der Waals surface area (Å²) in [5.41, 5.74) is -1.33. The highest BCUT2D eigenvalue weighted by molar-refractivity contribution is 5.20. The summed E-state index contributed by atoms with van der Waals surface area (Å²) >= 11 is 0. The minimum absolute atomic E-state index is 0.0416. The molecule has 0 amide bonds. The third-order valence-electron chi connectivity index (χ3n) is 1.44. The summed E-state index contributed by atoms with van der Waals surface area (Å²) in [6.45, 7) is 0.935. The average Bonchev–Trinajstić information content (AvgIpc) is 2.16. The van der Waals surface area contributed by atoms with Crippen molar-refractivity contribution in [1.82, 2.24) is 15.0 Å². The Bertz CT molecular complexity index is 370. The van der Waals surface area contributed by atoms with Gasteiger partial charge in [-0.2, -0.15) is 4.98 Å². The first-order valence-electron chi connectivity index (χ1n) is 4.35. The van der Waals surface area contributed by atoms with Gasteiger partial charge < -0.3 is 15.2 Å². The molecule has 0 aliphatic heterocycles. The third kappa shape index (κ3) is 4.38. The van der Waals surface area contributed by atoms with E-state index in [9.17, 15) is 9.59 Å². The van der Waals surface area contributed by atoms with Crippen molar-refractivity contribution in [3.05, 3.63) is 21.0 Å². The van der Waals surface area contributed by atoms with E-state index in [1.54, 1.807) is 0 Å². The number of aromatic amines is 2. The SMILES string of the molecule is O=c1nc(NCCOCCO)[nH]c(=O)[nH]1. The second kappa shape index (κ2) is 5.94. The van der Waals surface area contributed by atoms with Crippen LogP contribution in [0, 0.1) is 0 Å². The Morgan fingerprint density at radius 3 is 2.80 bits per heavy atom. The maximum atomic E-state index is 10.8. The zero-order chi connectivity index (χ0) is 11.1. The standard InChI is InChI=1S/C7H12N4O4/c12-2-4-15-3-1-8-5-9-6(13)11-7(14)10-5/h12H,1-4H2,(H3,8,9,10,11,13,14). The molecular weight excluding hydrogens is 204 g/mol. The van der Waals surface area contributed by atoms with E-state index in [1.807, 2.05) is 4.98 Å². The molecule has 1 aromatic rings. The van der Waals surface area contributed by atoms with Gasteiger partial charge in [-0.05, 0) is 0 Å². The Morgan fingerprint density at radius 1 is 1.33 bits per heavy atom. The largest absolute Gasteiger partial charge is 0.394 e. The van der Waals surface area contributed by atoms with Gasteiger partial charge in [-0.1, -0.05) is 0 Å². The Hall–Kier alpha value is -1.67. The van der Waals surface area contributed by atoms with Crippen molar-refractivity contribution in [3.63, 3.8) is 0 Å². The van der Waals surface area contributed by atoms with Crippen molar-refractivity contribution in [3.8, 4) is 0 Å². The van der Waals surface area contributed by atoms with E-state index in [0.29, 0.717) is 13.2 Å². The van der Waals surface area contributed by atoms with Crippen LogP contribution < -0.4 is 16.7 Å². The van der Waals surface area contributed by atoms with Gasteiger partial charge >= 0.3 is 11.4 Å². The van der Waals surface area contributed by atoms with E-state index in [4.69, 9.17) is 9.84 Å². The van der Waals surface area contributed by atoms with Crippen LogP contribution in [0.4, 0.5) is 5.95 Å². The first-order chi connectivity index (χ1) is 7.22. The molecule has 0 saturated carbocycles. The molecular formula is C7H12N4O4. The predicted octanol–water partition coefficient (Wildman–Crippen LogP) is -2.12. The molecule has 0 unspecified atom stereocenters. The molecule has 1 heterocycles. The Morgan fingerprint density at radius 2 is 2.13 bits per heavy atom. The second-order valence-corrected chi connectivity index (χ2v) is 2.61. The van der Waals surface area contributed by atoms with E-state index in [-0.39, 0.29) is 19.2 Å². The molecule has 0 aliphatic rings. The summed E-state index contributed by atoms with van der Waals surface area (Å²) < 4.78 is 4.95. The second-order valence-electron chi connectivity index (χ2n) is 2.61. The molecule has 84 valence electrons. The number of anilines is 1. The third-order valence-corrected chi connectivity index (χ3v) is 1.44. The highest BCUT2D eigenvalue weighted by atomic mass is 16.5. The number of rotatable bonds is 6. The van der Waals surface area contributed by atoms with Crippen molar-refractivity contribution < 1.29 is 9.84 Å². The molecule has 8 heteroatoms. The Kier molecular flexibility index (Phi) is 4.51. The lowest BCUT2D eigenvalue weighted by Gasteiger charge is -2.04. The molecule has 0 bridgehead atoms. The highest BCUT2D eigenvalue weighted by Gasteiger charge is 1.96. The quantitative estimate of drug-likeness (QED) is 0.403. The zero-order valence-corrected chi connectivity index (χ0v) is 7.95. The number of aromatic nitrogens is 3. The first kappa shape index (κ1) is 11.4. The molecule has 0 spiro atoms. The maximum Gasteiger partial charge on any atom is 0.352 e. The van der Waals surface area contributed by atoms with Crippen LogP contribution in [0.25, 0.3) is 0 Å². The van der Waals surface area contributed by atoms with Gasteiger partial charge in [-0.3, -0.25) is 9.97 Å². The molecule has 15 heavy (non-hydrogen) atoms. The normalized spacial score (nSPS) is 10.2. The summed E-state index contributed by atoms with van der Waals surface area (Å²) in [5.74, 6) is 0.0938. The summed E-state index contributed by atoms with van der Waals surface area (Å²) in [5, 5.41) is 11.1. The summed E-state index contributed by atoms with van der Waals surface area (Å²) in [4.78, 5) is 29.3. The zero-order valence-electron chi connectivity index (χ0n) is 7.95. The van der Waals surface area contributed by atoms with Crippen LogP contribution in [0.1, 0.15) is 0 Å². The minimum Gasteiger partial charge on any atom is -0.394 e. The highest BCUT2D eigenvalue weighted by Crippen LogP contribution is 1.85. The molecule has 0 fully saturated rings. The van der Waals surface area contributed by atoms with Crippen molar-refractivity contribution in [2.45, 2.75) is 0 Å². The minimum atomic E-state index is -0.711. The number of nitrogens with zero attached hydrogens (tertiary/aromatic N) is 1. The molecule has 0 saturated heterocycles. The van der Waals surface area contributed by atoms with Gasteiger partial charge in [-0.25, -0.2) is 9.59 Å². The maximum absolute atomic E-state index is 10.8. The van der Waals surface area contributed by atoms with Gasteiger partial charge in [-0.15, -0.1) is 0 Å². The van der Waals surface area contributed by atoms with Gasteiger partial charge in [0, 0.05) is 6.54 Å². The fourth-order valence-electron chi connectivity index (χ4n) is 0.885. The molecule has 0 aromatic carbocycles. The van der Waals surface area contributed by atoms with Crippen LogP contribution >= 0.6 is 0 Å². The lowest BCUT2D eigenvalue weighted by Crippen LogP contribution is -2.27. The summed E-state index contributed by atoms with van der Waals surface area (Å²) in [6.07, 6.45) is 0. The van der Waals surface area contributed by atoms with Gasteiger partial charge in [0.2, 0.25) is 5.95 Å². The van der Waals surface area contributed by atoms with Crippen LogP contribution in [-0.2, 0) is 4.74 Å². The molecule has 1 rings (SSSR count). The van der Waals surface area contributed by atoms with Crippen molar-refractivity contribution in [2.75, 3.05) is 31.7 Å². The van der Waals surface area contributed by atoms with Crippen molar-refractivity contribution >= 4 is 5.95 Å². The molecule has 0 aliphatic carbocycles. The van der Waals surface area contributed by atoms with Crippen LogP contribution in [0.5, 0.6) is 0 Å². The van der Waals surface area contributed by atoms with Crippen molar-refractivity contribution in [2.24, 2.45) is 0 Å². The van der Waals surface area contributed by atoms with Gasteiger partial charge in [0.25, 0.3) is 0 Å². The smallest absolute Gasteiger partial charge is 0.352 e. The van der Waals surface area contributed by atoms with Gasteiger partial charge in [0.15, 0.2) is 0 Å². The number of H-pyrrole nitrogens is 2. The Labute approximate surface area is 84.3 Å². The first-order valence-corrected chi connectivity index (χ1v) is 4.35. The Balaban J connectivity index is 2.37. The lowest BCUT2D eigenvalue weighted by molar-refractivity contribution is 0.0991. The van der Waals surface area contributed by atoms with Gasteiger partial charge in [0.05, 0.1) is 19.8 Å². The number of nitrogens with one attached hydrogen (secondary N) is 3. The predicted molar refractivity (Wildman–Crippen MR) is 51.9 cm³/mol. The van der Waals surface area contributed by atoms with Crippen LogP contribution in [-0.4, -0.2) is 46.4 Å². The topological polar surface area (TPSA) is 120 Å². The monoisotopic (exact) mass is 216 g/mol. The number of ether oxygens (including phenoxy) is 1. The number of aliphatic hydroxyl groups is 1. The van der Waals surface area contributed by atoms with E-state index in [2.05, 4.69) is 15.3 Å². The molecule has 0 radical (unpaired) electrons. The average molecular weight is 216 g/mol. The molecule has 4 N–H and O–H groups in total. The van der Waals surface area contributed by atoms with E-state index in [1.165, 1.54) is 0 Å². The number of hydrogen-bond acceptors (Lipinski definition) is 6. The fourth-order valence-corrected chi connectivity index (χ4v) is 0.885. The molecule has 0 atom stereocenters. The van der Waals surface area contributed by atoms with E-state index < -0.39 is 11.4 Å². The van der Waals surface area contributed by atoms with Crippen LogP contribution in [0.15, 0.2) is 9.59 Å². The van der Waals surface area contributed by atoms with E-state index in [0.717, 1.165) is 0 Å². The molecule has 1 aromatic heterocycles. The van der Waals surface area contributed by atoms with E-state index >= 15 is 0 Å². The molecule has 8 nitrogen and oxygen atoms in total. The number of aliphatic hydroxyl groups excluding tert-OH is 1. The summed E-state index contributed by atoms with van der Waals surface area (Å²) in [7, 11) is 0. The van der Waals surface area contributed by atoms with Crippen LogP contribution in [0.3, 0.4) is 0 Å². The van der Waals surface area contributed by atoms with Gasteiger partial charge in [0.1, 0.15) is 0 Å². The fraction of sp³-hybridized carbons (Fsp3) is 0.571.